The summed E-state index contributed by atoms with van der Waals surface area (Å²) in [5.74, 6) is 0. The summed E-state index contributed by atoms with van der Waals surface area (Å²) in [5, 5.41) is 3.61. The molecule has 1 heterocycles. The third kappa shape index (κ3) is 3.70. The van der Waals surface area contributed by atoms with Gasteiger partial charge in [0.2, 0.25) is 0 Å². The number of nitrogens with zero attached hydrogens (tertiary/aromatic N) is 1. The van der Waals surface area contributed by atoms with Gasteiger partial charge in [0.05, 0.1) is 0 Å². The van der Waals surface area contributed by atoms with Crippen LogP contribution in [0.4, 0.5) is 0 Å². The summed E-state index contributed by atoms with van der Waals surface area (Å²) in [7, 11) is 0. The number of fused-ring (bicyclic) bond motifs is 1. The van der Waals surface area contributed by atoms with Gasteiger partial charge in [0, 0.05) is 30.9 Å². The van der Waals surface area contributed by atoms with Crippen LogP contribution in [0.5, 0.6) is 0 Å². The largest absolute Gasteiger partial charge is 0.310 e. The van der Waals surface area contributed by atoms with Gasteiger partial charge in [-0.25, -0.2) is 0 Å². The first-order valence-corrected chi connectivity index (χ1v) is 8.08. The molecule has 2 heteroatoms. The zero-order valence-electron chi connectivity index (χ0n) is 12.8. The van der Waals surface area contributed by atoms with Crippen LogP contribution in [-0.4, -0.2) is 11.5 Å². The lowest BCUT2D eigenvalue weighted by Gasteiger charge is -2.20. The van der Waals surface area contributed by atoms with Gasteiger partial charge in [-0.1, -0.05) is 24.3 Å². The lowest BCUT2D eigenvalue weighted by Crippen LogP contribution is -2.22. The van der Waals surface area contributed by atoms with Crippen molar-refractivity contribution >= 4 is 0 Å². The number of pyridine rings is 1. The van der Waals surface area contributed by atoms with Crippen LogP contribution in [0, 0.1) is 0 Å². The second kappa shape index (κ2) is 6.86. The van der Waals surface area contributed by atoms with Gasteiger partial charge >= 0.3 is 0 Å². The molecule has 1 N–H and O–H groups in total. The molecular formula is C19H24N2. The Morgan fingerprint density at radius 2 is 1.95 bits per heavy atom. The van der Waals surface area contributed by atoms with Gasteiger partial charge in [-0.2, -0.15) is 0 Å². The smallest absolute Gasteiger partial charge is 0.0416 e. The average molecular weight is 280 g/mol. The summed E-state index contributed by atoms with van der Waals surface area (Å²) < 4.78 is 0. The molecule has 0 bridgehead atoms. The molecule has 21 heavy (non-hydrogen) atoms. The highest BCUT2D eigenvalue weighted by atomic mass is 14.9. The quantitative estimate of drug-likeness (QED) is 0.899. The fraction of sp³-hybridized carbons (Fsp3) is 0.421. The zero-order valence-corrected chi connectivity index (χ0v) is 12.8. The minimum atomic E-state index is 0.404. The first-order valence-electron chi connectivity index (χ1n) is 8.08. The number of nitrogens with one attached hydrogen (secondary N) is 1. The van der Waals surface area contributed by atoms with Gasteiger partial charge in [0.15, 0.2) is 0 Å². The molecule has 0 aliphatic heterocycles. The Labute approximate surface area is 127 Å². The van der Waals surface area contributed by atoms with E-state index in [0.717, 1.165) is 18.7 Å². The highest BCUT2D eigenvalue weighted by molar-refractivity contribution is 5.35. The Morgan fingerprint density at radius 3 is 2.76 bits per heavy atom. The third-order valence-electron chi connectivity index (χ3n) is 4.43. The lowest BCUT2D eigenvalue weighted by molar-refractivity contribution is 0.571. The highest BCUT2D eigenvalue weighted by Crippen LogP contribution is 2.24. The molecule has 2 nitrogen and oxygen atoms in total. The molecule has 0 amide bonds. The minimum Gasteiger partial charge on any atom is -0.310 e. The van der Waals surface area contributed by atoms with Gasteiger partial charge < -0.3 is 5.32 Å². The van der Waals surface area contributed by atoms with Crippen LogP contribution < -0.4 is 5.32 Å². The standard InChI is InChI=1S/C19H24N2/c1-15(20-13-11-19-8-4-5-12-21-19)17-10-9-16-6-2-3-7-18(16)14-17/h4-5,8-10,12,14-15,20H,2-3,6-7,11,13H2,1H3. The van der Waals surface area contributed by atoms with Crippen molar-refractivity contribution in [1.29, 1.82) is 0 Å². The maximum atomic E-state index is 4.37. The van der Waals surface area contributed by atoms with Gasteiger partial charge in [0.1, 0.15) is 0 Å². The maximum Gasteiger partial charge on any atom is 0.0416 e. The number of hydrogen-bond donors (Lipinski definition) is 1. The normalized spacial score (nSPS) is 15.5. The maximum absolute atomic E-state index is 4.37. The number of rotatable bonds is 5. The molecule has 1 unspecified atom stereocenters. The summed E-state index contributed by atoms with van der Waals surface area (Å²) in [6.07, 6.45) is 8.06. The molecule has 0 spiro atoms. The van der Waals surface area contributed by atoms with E-state index in [1.54, 1.807) is 11.1 Å². The molecule has 1 aromatic heterocycles. The van der Waals surface area contributed by atoms with E-state index in [4.69, 9.17) is 0 Å². The van der Waals surface area contributed by atoms with Crippen LogP contribution in [0.15, 0.2) is 42.6 Å². The van der Waals surface area contributed by atoms with E-state index in [9.17, 15) is 0 Å². The van der Waals surface area contributed by atoms with E-state index < -0.39 is 0 Å². The van der Waals surface area contributed by atoms with E-state index in [1.165, 1.54) is 31.2 Å². The molecule has 0 saturated heterocycles. The second-order valence-electron chi connectivity index (χ2n) is 5.98. The van der Waals surface area contributed by atoms with Crippen molar-refractivity contribution in [3.63, 3.8) is 0 Å². The summed E-state index contributed by atoms with van der Waals surface area (Å²) in [5.41, 5.74) is 5.70. The van der Waals surface area contributed by atoms with Crippen molar-refractivity contribution in [2.45, 2.75) is 45.1 Å². The Bertz CT molecular complexity index is 577. The van der Waals surface area contributed by atoms with Crippen molar-refractivity contribution in [3.8, 4) is 0 Å². The van der Waals surface area contributed by atoms with Crippen molar-refractivity contribution in [2.75, 3.05) is 6.54 Å². The summed E-state index contributed by atoms with van der Waals surface area (Å²) in [6.45, 7) is 3.22. The van der Waals surface area contributed by atoms with Gasteiger partial charge in [-0.05, 0) is 61.4 Å². The number of hydrogen-bond acceptors (Lipinski definition) is 2. The number of benzene rings is 1. The van der Waals surface area contributed by atoms with Crippen LogP contribution in [0.25, 0.3) is 0 Å². The minimum absolute atomic E-state index is 0.404. The van der Waals surface area contributed by atoms with E-state index in [2.05, 4.69) is 47.6 Å². The van der Waals surface area contributed by atoms with Crippen LogP contribution in [0.1, 0.15) is 48.2 Å². The zero-order chi connectivity index (χ0) is 14.5. The van der Waals surface area contributed by atoms with Gasteiger partial charge in [-0.15, -0.1) is 0 Å². The van der Waals surface area contributed by atoms with Crippen molar-refractivity contribution in [3.05, 3.63) is 65.0 Å². The lowest BCUT2D eigenvalue weighted by atomic mass is 9.89. The molecule has 0 radical (unpaired) electrons. The van der Waals surface area contributed by atoms with Crippen LogP contribution >= 0.6 is 0 Å². The second-order valence-corrected chi connectivity index (χ2v) is 5.98. The number of aromatic nitrogens is 1. The van der Waals surface area contributed by atoms with Crippen molar-refractivity contribution < 1.29 is 0 Å². The van der Waals surface area contributed by atoms with Gasteiger partial charge in [0.25, 0.3) is 0 Å². The van der Waals surface area contributed by atoms with E-state index >= 15 is 0 Å². The molecule has 3 rings (SSSR count). The Balaban J connectivity index is 1.56. The Kier molecular flexibility index (Phi) is 4.66. The molecular weight excluding hydrogens is 256 g/mol. The summed E-state index contributed by atoms with van der Waals surface area (Å²) >= 11 is 0. The highest BCUT2D eigenvalue weighted by Gasteiger charge is 2.12. The molecule has 1 aliphatic rings. The van der Waals surface area contributed by atoms with E-state index in [1.807, 2.05) is 12.3 Å². The summed E-state index contributed by atoms with van der Waals surface area (Å²) in [4.78, 5) is 4.37. The fourth-order valence-corrected chi connectivity index (χ4v) is 3.10. The van der Waals surface area contributed by atoms with Crippen LogP contribution in [-0.2, 0) is 19.3 Å². The topological polar surface area (TPSA) is 24.9 Å². The Morgan fingerprint density at radius 1 is 1.10 bits per heavy atom. The van der Waals surface area contributed by atoms with E-state index in [-0.39, 0.29) is 0 Å². The molecule has 2 aromatic rings. The van der Waals surface area contributed by atoms with Crippen molar-refractivity contribution in [1.82, 2.24) is 10.3 Å². The molecule has 0 fully saturated rings. The van der Waals surface area contributed by atoms with E-state index in [0.29, 0.717) is 6.04 Å². The average Bonchev–Trinajstić information content (AvgIpc) is 2.55. The molecule has 0 saturated carbocycles. The molecule has 1 atom stereocenters. The first-order chi connectivity index (χ1) is 10.3. The van der Waals surface area contributed by atoms with Crippen molar-refractivity contribution in [2.24, 2.45) is 0 Å². The fourth-order valence-electron chi connectivity index (χ4n) is 3.10. The summed E-state index contributed by atoms with van der Waals surface area (Å²) in [6, 6.07) is 13.5. The predicted molar refractivity (Wildman–Crippen MR) is 87.4 cm³/mol. The van der Waals surface area contributed by atoms with Crippen LogP contribution in [0.3, 0.4) is 0 Å². The molecule has 1 aromatic carbocycles. The predicted octanol–water partition coefficient (Wildman–Crippen LogP) is 3.85. The first kappa shape index (κ1) is 14.3. The SMILES string of the molecule is CC(NCCc1ccccn1)c1ccc2c(c1)CCCC2. The third-order valence-corrected chi connectivity index (χ3v) is 4.43. The molecule has 110 valence electrons. The van der Waals surface area contributed by atoms with Gasteiger partial charge in [-0.3, -0.25) is 4.98 Å². The molecule has 1 aliphatic carbocycles. The monoisotopic (exact) mass is 280 g/mol. The van der Waals surface area contributed by atoms with Crippen LogP contribution in [0.2, 0.25) is 0 Å². The Hall–Kier alpha value is -1.67. The number of aryl methyl sites for hydroxylation is 2.